The molecule has 0 radical (unpaired) electrons. The van der Waals surface area contributed by atoms with Crippen LogP contribution in [-0.4, -0.2) is 4.57 Å². The van der Waals surface area contributed by atoms with Crippen LogP contribution in [0.25, 0.3) is 93.2 Å². The van der Waals surface area contributed by atoms with Gasteiger partial charge in [-0.25, -0.2) is 0 Å². The molecule has 1 heterocycles. The van der Waals surface area contributed by atoms with Crippen molar-refractivity contribution in [1.29, 1.82) is 0 Å². The van der Waals surface area contributed by atoms with Crippen molar-refractivity contribution in [2.75, 3.05) is 4.90 Å². The first-order valence-corrected chi connectivity index (χ1v) is 24.0. The molecule has 0 bridgehead atoms. The van der Waals surface area contributed by atoms with Gasteiger partial charge in [0.05, 0.1) is 11.0 Å². The van der Waals surface area contributed by atoms with Crippen molar-refractivity contribution < 1.29 is 0 Å². The van der Waals surface area contributed by atoms with Gasteiger partial charge in [0.15, 0.2) is 0 Å². The topological polar surface area (TPSA) is 8.17 Å². The van der Waals surface area contributed by atoms with Crippen LogP contribution in [-0.2, 0) is 10.8 Å². The van der Waals surface area contributed by atoms with Gasteiger partial charge in [0.2, 0.25) is 0 Å². The summed E-state index contributed by atoms with van der Waals surface area (Å²) in [4.78, 5) is 2.40. The molecule has 1 aromatic heterocycles. The zero-order valence-electron chi connectivity index (χ0n) is 38.7. The summed E-state index contributed by atoms with van der Waals surface area (Å²) in [5, 5.41) is 10.4. The minimum Gasteiger partial charge on any atom is -0.310 e. The highest BCUT2D eigenvalue weighted by atomic mass is 15.1. The molecular weight excluding hydrogens is 821 g/mol. The van der Waals surface area contributed by atoms with E-state index in [4.69, 9.17) is 0 Å². The maximum atomic E-state index is 2.54. The van der Waals surface area contributed by atoms with E-state index in [1.807, 2.05) is 0 Å². The van der Waals surface area contributed by atoms with E-state index in [-0.39, 0.29) is 10.8 Å². The van der Waals surface area contributed by atoms with Crippen LogP contribution in [0.4, 0.5) is 17.1 Å². The number of fused-ring (bicyclic) bond motifs is 16. The van der Waals surface area contributed by atoms with Crippen molar-refractivity contribution in [2.45, 2.75) is 38.5 Å². The average Bonchev–Trinajstić information content (AvgIpc) is 3.92. The molecule has 12 aromatic rings. The smallest absolute Gasteiger partial charge is 0.0547 e. The Hall–Kier alpha value is -8.20. The minimum atomic E-state index is -0.134. The van der Waals surface area contributed by atoms with Crippen LogP contribution in [0.5, 0.6) is 0 Å². The van der Waals surface area contributed by atoms with Crippen LogP contribution in [0.1, 0.15) is 49.9 Å². The molecule has 0 saturated carbocycles. The van der Waals surface area contributed by atoms with E-state index < -0.39 is 0 Å². The Balaban J connectivity index is 0.944. The zero-order valence-corrected chi connectivity index (χ0v) is 38.7. The molecular formula is C66H48N2. The predicted octanol–water partition coefficient (Wildman–Crippen LogP) is 18.0. The Kier molecular flexibility index (Phi) is 8.12. The molecule has 14 rings (SSSR count). The first-order valence-electron chi connectivity index (χ1n) is 24.0. The summed E-state index contributed by atoms with van der Waals surface area (Å²) in [6.45, 7) is 9.49. The van der Waals surface area contributed by atoms with Gasteiger partial charge in [0.1, 0.15) is 0 Å². The Morgan fingerprint density at radius 3 is 1.56 bits per heavy atom. The lowest BCUT2D eigenvalue weighted by atomic mass is 9.82. The van der Waals surface area contributed by atoms with Crippen LogP contribution in [0, 0.1) is 0 Å². The maximum Gasteiger partial charge on any atom is 0.0547 e. The molecule has 0 atom stereocenters. The van der Waals surface area contributed by atoms with E-state index in [1.54, 1.807) is 0 Å². The molecule has 2 nitrogen and oxygen atoms in total. The number of benzene rings is 11. The fourth-order valence-corrected chi connectivity index (χ4v) is 12.5. The summed E-state index contributed by atoms with van der Waals surface area (Å²) < 4.78 is 2.54. The lowest BCUT2D eigenvalue weighted by Crippen LogP contribution is -2.16. The second-order valence-electron chi connectivity index (χ2n) is 20.1. The summed E-state index contributed by atoms with van der Waals surface area (Å²) in [7, 11) is 0. The minimum absolute atomic E-state index is 0.0912. The summed E-state index contributed by atoms with van der Waals surface area (Å²) >= 11 is 0. The van der Waals surface area contributed by atoms with Crippen molar-refractivity contribution in [1.82, 2.24) is 4.57 Å². The number of para-hydroxylation sites is 1. The number of nitrogens with zero attached hydrogens (tertiary/aromatic N) is 2. The fraction of sp³-hybridized carbons (Fsp3) is 0.0909. The van der Waals surface area contributed by atoms with Gasteiger partial charge in [0.25, 0.3) is 0 Å². The summed E-state index contributed by atoms with van der Waals surface area (Å²) in [5.74, 6) is 0. The number of hydrogen-bond acceptors (Lipinski definition) is 1. The van der Waals surface area contributed by atoms with E-state index >= 15 is 0 Å². The summed E-state index contributed by atoms with van der Waals surface area (Å²) in [6, 6.07) is 81.7. The highest BCUT2D eigenvalue weighted by molar-refractivity contribution is 6.35. The van der Waals surface area contributed by atoms with E-state index in [9.17, 15) is 0 Å². The highest BCUT2D eigenvalue weighted by Crippen LogP contribution is 2.53. The Labute approximate surface area is 397 Å². The molecule has 68 heavy (non-hydrogen) atoms. The van der Waals surface area contributed by atoms with Crippen LogP contribution in [0.2, 0.25) is 0 Å². The largest absolute Gasteiger partial charge is 0.310 e. The Bertz CT molecular complexity index is 4040. The number of rotatable bonds is 5. The van der Waals surface area contributed by atoms with Gasteiger partial charge in [-0.1, -0.05) is 179 Å². The van der Waals surface area contributed by atoms with Crippen molar-refractivity contribution in [3.05, 3.63) is 241 Å². The fourth-order valence-electron chi connectivity index (χ4n) is 12.5. The molecule has 0 N–H and O–H groups in total. The normalized spacial score (nSPS) is 14.1. The molecule has 0 saturated heterocycles. The molecule has 2 aliphatic rings. The van der Waals surface area contributed by atoms with Gasteiger partial charge in [-0.3, -0.25) is 0 Å². The molecule has 0 aliphatic heterocycles. The first-order chi connectivity index (χ1) is 33.3. The molecule has 2 aliphatic carbocycles. The first kappa shape index (κ1) is 39.0. The van der Waals surface area contributed by atoms with Gasteiger partial charge in [0, 0.05) is 49.7 Å². The average molecular weight is 869 g/mol. The summed E-state index contributed by atoms with van der Waals surface area (Å²) in [5.41, 5.74) is 20.0. The van der Waals surface area contributed by atoms with Gasteiger partial charge in [-0.2, -0.15) is 0 Å². The monoisotopic (exact) mass is 868 g/mol. The van der Waals surface area contributed by atoms with Crippen LogP contribution in [0.3, 0.4) is 0 Å². The quantitative estimate of drug-likeness (QED) is 0.156. The van der Waals surface area contributed by atoms with Crippen LogP contribution in [0.15, 0.2) is 218 Å². The number of anilines is 3. The molecule has 11 aromatic carbocycles. The third kappa shape index (κ3) is 5.40. The molecule has 0 unspecified atom stereocenters. The summed E-state index contributed by atoms with van der Waals surface area (Å²) in [6.07, 6.45) is 0. The van der Waals surface area contributed by atoms with E-state index in [0.29, 0.717) is 0 Å². The molecule has 322 valence electrons. The molecule has 2 heteroatoms. The third-order valence-electron chi connectivity index (χ3n) is 15.7. The Morgan fingerprint density at radius 2 is 0.853 bits per heavy atom. The van der Waals surface area contributed by atoms with Gasteiger partial charge < -0.3 is 9.47 Å². The number of hydrogen-bond donors (Lipinski definition) is 0. The van der Waals surface area contributed by atoms with Crippen LogP contribution < -0.4 is 4.90 Å². The molecule has 0 spiro atoms. The standard InChI is InChI=1S/C66H48N2/c1-65(2)57-27-14-12-24-50(57)52-34-33-46(38-59(52)65)67(43-18-6-5-7-19-43)44-31-29-41(30-32-44)42-17-16-20-45(37-42)68-61-36-35-54-49-23-9-8-21-47(49)48-22-10-11-26-53(48)63(54)64(61)56-39-55-51-25-13-15-28-58(51)66(3,4)60(55)40-62(56)68/h5-40H,1-4H3. The van der Waals surface area contributed by atoms with Crippen molar-refractivity contribution in [3.8, 4) is 39.1 Å². The van der Waals surface area contributed by atoms with Crippen molar-refractivity contribution in [2.24, 2.45) is 0 Å². The van der Waals surface area contributed by atoms with E-state index in [2.05, 4.69) is 256 Å². The number of aromatic nitrogens is 1. The van der Waals surface area contributed by atoms with E-state index in [0.717, 1.165) is 22.7 Å². The highest BCUT2D eigenvalue weighted by Gasteiger charge is 2.37. The van der Waals surface area contributed by atoms with Crippen molar-refractivity contribution >= 4 is 71.2 Å². The molecule has 0 fully saturated rings. The lowest BCUT2D eigenvalue weighted by molar-refractivity contribution is 0.660. The predicted molar refractivity (Wildman–Crippen MR) is 289 cm³/mol. The van der Waals surface area contributed by atoms with Gasteiger partial charge >= 0.3 is 0 Å². The van der Waals surface area contributed by atoms with Gasteiger partial charge in [-0.05, 0) is 149 Å². The van der Waals surface area contributed by atoms with E-state index in [1.165, 1.54) is 110 Å². The maximum absolute atomic E-state index is 2.54. The second-order valence-corrected chi connectivity index (χ2v) is 20.1. The molecule has 0 amide bonds. The third-order valence-corrected chi connectivity index (χ3v) is 15.7. The lowest BCUT2D eigenvalue weighted by Gasteiger charge is -2.28. The zero-order chi connectivity index (χ0) is 45.5. The van der Waals surface area contributed by atoms with Crippen molar-refractivity contribution in [3.63, 3.8) is 0 Å². The van der Waals surface area contributed by atoms with Crippen LogP contribution >= 0.6 is 0 Å². The van der Waals surface area contributed by atoms with Gasteiger partial charge in [-0.15, -0.1) is 0 Å². The SMILES string of the molecule is CC1(C)c2ccccc2-c2ccc(N(c3ccccc3)c3ccc(-c4cccc(-n5c6cc7c(cc6c6c8c9ccccc9c9ccccc9c8ccc65)-c5ccccc5C7(C)C)c4)cc3)cc21. The second kappa shape index (κ2) is 14.2. The Morgan fingerprint density at radius 1 is 0.309 bits per heavy atom.